The van der Waals surface area contributed by atoms with Crippen LogP contribution in [0.3, 0.4) is 0 Å². The van der Waals surface area contributed by atoms with E-state index < -0.39 is 23.7 Å². The highest BCUT2D eigenvalue weighted by Gasteiger charge is 2.34. The van der Waals surface area contributed by atoms with Crippen molar-refractivity contribution < 1.29 is 22.8 Å². The summed E-state index contributed by atoms with van der Waals surface area (Å²) in [7, 11) is 0. The van der Waals surface area contributed by atoms with E-state index in [1.165, 1.54) is 30.5 Å². The van der Waals surface area contributed by atoms with Gasteiger partial charge in [0.05, 0.1) is 46.3 Å². The zero-order valence-electron chi connectivity index (χ0n) is 20.4. The molecule has 1 aromatic carbocycles. The minimum absolute atomic E-state index is 0.0752. The molecule has 39 heavy (non-hydrogen) atoms. The van der Waals surface area contributed by atoms with Crippen molar-refractivity contribution in [1.82, 2.24) is 35.1 Å². The number of nitriles is 1. The summed E-state index contributed by atoms with van der Waals surface area (Å²) in [6, 6.07) is 9.28. The Morgan fingerprint density at radius 1 is 1.21 bits per heavy atom. The van der Waals surface area contributed by atoms with E-state index in [0.717, 1.165) is 9.36 Å². The molecule has 0 unspecified atom stereocenters. The van der Waals surface area contributed by atoms with Crippen LogP contribution in [0.5, 0.6) is 0 Å². The van der Waals surface area contributed by atoms with Gasteiger partial charge in [-0.1, -0.05) is 16.8 Å². The van der Waals surface area contributed by atoms with Gasteiger partial charge in [-0.3, -0.25) is 9.59 Å². The summed E-state index contributed by atoms with van der Waals surface area (Å²) in [5, 5.41) is 25.7. The van der Waals surface area contributed by atoms with Crippen LogP contribution >= 0.6 is 11.6 Å². The van der Waals surface area contributed by atoms with Crippen LogP contribution in [-0.4, -0.2) is 48.1 Å². The Hall–Kier alpha value is -4.77. The SMILES string of the molecule is CCNC(=O)c1cc(C#N)cc(C)c1NC(=O)c1cc(Cn2cc(C(F)(F)F)nn2)nn1-c1ncccc1Cl. The van der Waals surface area contributed by atoms with E-state index >= 15 is 0 Å². The number of hydrogen-bond acceptors (Lipinski definition) is 7. The molecule has 2 amide bonds. The number of aryl methyl sites for hydroxylation is 1. The van der Waals surface area contributed by atoms with Crippen LogP contribution in [0.2, 0.25) is 5.02 Å². The molecule has 11 nitrogen and oxygen atoms in total. The molecule has 0 atom stereocenters. The van der Waals surface area contributed by atoms with Gasteiger partial charge in [-0.05, 0) is 49.7 Å². The maximum Gasteiger partial charge on any atom is 0.436 e. The zero-order valence-corrected chi connectivity index (χ0v) is 21.2. The lowest BCUT2D eigenvalue weighted by atomic mass is 10.0. The van der Waals surface area contributed by atoms with Gasteiger partial charge in [0.1, 0.15) is 5.69 Å². The summed E-state index contributed by atoms with van der Waals surface area (Å²) < 4.78 is 40.9. The maximum atomic E-state index is 13.5. The molecule has 0 aliphatic heterocycles. The van der Waals surface area contributed by atoms with Gasteiger partial charge in [0.15, 0.2) is 11.5 Å². The number of halogens is 4. The monoisotopic (exact) mass is 557 g/mol. The van der Waals surface area contributed by atoms with Gasteiger partial charge in [-0.2, -0.15) is 23.5 Å². The predicted octanol–water partition coefficient (Wildman–Crippen LogP) is 3.76. The second kappa shape index (κ2) is 10.9. The highest BCUT2D eigenvalue weighted by molar-refractivity contribution is 6.32. The second-order valence-electron chi connectivity index (χ2n) is 8.18. The number of amides is 2. The van der Waals surface area contributed by atoms with E-state index in [0.29, 0.717) is 18.3 Å². The lowest BCUT2D eigenvalue weighted by Gasteiger charge is -2.15. The number of alkyl halides is 3. The summed E-state index contributed by atoms with van der Waals surface area (Å²) in [6.45, 7) is 3.41. The molecule has 0 fully saturated rings. The molecule has 200 valence electrons. The van der Waals surface area contributed by atoms with E-state index in [2.05, 4.69) is 31.0 Å². The number of aromatic nitrogens is 6. The maximum absolute atomic E-state index is 13.5. The van der Waals surface area contributed by atoms with E-state index in [1.54, 1.807) is 19.9 Å². The molecule has 4 aromatic rings. The Bertz CT molecular complexity index is 1610. The first-order valence-electron chi connectivity index (χ1n) is 11.3. The topological polar surface area (TPSA) is 143 Å². The molecule has 0 spiro atoms. The van der Waals surface area contributed by atoms with Crippen molar-refractivity contribution >= 4 is 29.1 Å². The Kier molecular flexibility index (Phi) is 7.63. The smallest absolute Gasteiger partial charge is 0.352 e. The largest absolute Gasteiger partial charge is 0.436 e. The third kappa shape index (κ3) is 5.88. The van der Waals surface area contributed by atoms with E-state index in [4.69, 9.17) is 11.6 Å². The fourth-order valence-corrected chi connectivity index (χ4v) is 3.87. The highest BCUT2D eigenvalue weighted by Crippen LogP contribution is 2.28. The molecular weight excluding hydrogens is 539 g/mol. The normalized spacial score (nSPS) is 11.2. The van der Waals surface area contributed by atoms with Crippen molar-refractivity contribution in [2.75, 3.05) is 11.9 Å². The summed E-state index contributed by atoms with van der Waals surface area (Å²) >= 11 is 6.29. The number of pyridine rings is 1. The average Bonchev–Trinajstić information content (AvgIpc) is 3.53. The van der Waals surface area contributed by atoms with E-state index in [-0.39, 0.29) is 45.6 Å². The number of benzene rings is 1. The fraction of sp³-hybridized carbons (Fsp3) is 0.208. The fourth-order valence-electron chi connectivity index (χ4n) is 3.67. The number of rotatable bonds is 7. The summed E-state index contributed by atoms with van der Waals surface area (Å²) in [4.78, 5) is 30.4. The van der Waals surface area contributed by atoms with Crippen LogP contribution < -0.4 is 10.6 Å². The minimum Gasteiger partial charge on any atom is -0.352 e. The lowest BCUT2D eigenvalue weighted by Crippen LogP contribution is -2.26. The second-order valence-corrected chi connectivity index (χ2v) is 8.59. The molecule has 0 radical (unpaired) electrons. The molecule has 15 heteroatoms. The first-order chi connectivity index (χ1) is 18.5. The van der Waals surface area contributed by atoms with Gasteiger partial charge in [-0.25, -0.2) is 14.3 Å². The van der Waals surface area contributed by atoms with Gasteiger partial charge < -0.3 is 10.6 Å². The molecule has 3 heterocycles. The Morgan fingerprint density at radius 2 is 1.97 bits per heavy atom. The lowest BCUT2D eigenvalue weighted by molar-refractivity contribution is -0.141. The Balaban J connectivity index is 1.76. The Labute approximate surface area is 224 Å². The first-order valence-corrected chi connectivity index (χ1v) is 11.7. The molecular formula is C24H19ClF3N9O2. The van der Waals surface area contributed by atoms with Crippen molar-refractivity contribution in [3.63, 3.8) is 0 Å². The van der Waals surface area contributed by atoms with Gasteiger partial charge in [-0.15, -0.1) is 5.10 Å². The van der Waals surface area contributed by atoms with Crippen molar-refractivity contribution in [3.05, 3.63) is 81.5 Å². The molecule has 0 aliphatic carbocycles. The first kappa shape index (κ1) is 27.3. The number of carbonyl (C=O) groups excluding carboxylic acids is 2. The van der Waals surface area contributed by atoms with Crippen LogP contribution in [-0.2, 0) is 12.7 Å². The zero-order chi connectivity index (χ0) is 28.3. The summed E-state index contributed by atoms with van der Waals surface area (Å²) in [5.41, 5.74) is -0.183. The third-order valence-corrected chi connectivity index (χ3v) is 5.67. The molecule has 3 aromatic heterocycles. The number of nitrogens with zero attached hydrogens (tertiary/aromatic N) is 7. The van der Waals surface area contributed by atoms with Crippen LogP contribution in [0.4, 0.5) is 18.9 Å². The van der Waals surface area contributed by atoms with Crippen LogP contribution in [0.15, 0.2) is 42.7 Å². The van der Waals surface area contributed by atoms with Gasteiger partial charge in [0.25, 0.3) is 11.8 Å². The van der Waals surface area contributed by atoms with Crippen molar-refractivity contribution in [3.8, 4) is 11.9 Å². The number of hydrogen-bond donors (Lipinski definition) is 2. The van der Waals surface area contributed by atoms with Crippen LogP contribution in [0.1, 0.15) is 50.3 Å². The molecule has 0 aliphatic rings. The summed E-state index contributed by atoms with van der Waals surface area (Å²) in [5.74, 6) is -1.13. The van der Waals surface area contributed by atoms with Crippen LogP contribution in [0, 0.1) is 18.3 Å². The van der Waals surface area contributed by atoms with E-state index in [1.807, 2.05) is 6.07 Å². The number of carbonyl (C=O) groups is 2. The van der Waals surface area contributed by atoms with Crippen molar-refractivity contribution in [2.24, 2.45) is 0 Å². The van der Waals surface area contributed by atoms with Gasteiger partial charge in [0.2, 0.25) is 0 Å². The van der Waals surface area contributed by atoms with Gasteiger partial charge >= 0.3 is 6.18 Å². The van der Waals surface area contributed by atoms with Crippen molar-refractivity contribution in [2.45, 2.75) is 26.6 Å². The Morgan fingerprint density at radius 3 is 2.62 bits per heavy atom. The standard InChI is InChI=1S/C24H19ClF3N9O2/c1-3-30-22(38)16-8-14(10-29)7-13(2)20(16)32-23(39)18-9-15(11-36-12-19(33-35-36)24(26,27)28)34-37(18)21-17(25)5-4-6-31-21/h4-9,12H,3,11H2,1-2H3,(H,30,38)(H,32,39). The van der Waals surface area contributed by atoms with Gasteiger partial charge in [0, 0.05) is 12.7 Å². The minimum atomic E-state index is -4.68. The highest BCUT2D eigenvalue weighted by atomic mass is 35.5. The van der Waals surface area contributed by atoms with Crippen molar-refractivity contribution in [1.29, 1.82) is 5.26 Å². The number of anilines is 1. The molecule has 0 bridgehead atoms. The molecule has 4 rings (SSSR count). The quantitative estimate of drug-likeness (QED) is 0.352. The molecule has 2 N–H and O–H groups in total. The molecule has 0 saturated carbocycles. The number of nitrogens with one attached hydrogen (secondary N) is 2. The average molecular weight is 558 g/mol. The van der Waals surface area contributed by atoms with E-state index in [9.17, 15) is 28.0 Å². The third-order valence-electron chi connectivity index (χ3n) is 5.37. The predicted molar refractivity (Wildman–Crippen MR) is 132 cm³/mol. The van der Waals surface area contributed by atoms with Crippen LogP contribution in [0.25, 0.3) is 5.82 Å². The summed E-state index contributed by atoms with van der Waals surface area (Å²) in [6.07, 6.45) is -2.54. The molecule has 0 saturated heterocycles.